The molecule has 2 aliphatic rings. The molecule has 0 aliphatic carbocycles. The van der Waals surface area contributed by atoms with Crippen molar-refractivity contribution >= 4 is 17.4 Å². The van der Waals surface area contributed by atoms with E-state index in [9.17, 15) is 10.1 Å². The van der Waals surface area contributed by atoms with Gasteiger partial charge in [-0.3, -0.25) is 9.69 Å². The van der Waals surface area contributed by atoms with E-state index in [4.69, 9.17) is 0 Å². The van der Waals surface area contributed by atoms with Gasteiger partial charge in [0.05, 0.1) is 12.2 Å². The van der Waals surface area contributed by atoms with Crippen molar-refractivity contribution in [2.75, 3.05) is 49.1 Å². The predicted molar refractivity (Wildman–Crippen MR) is 117 cm³/mol. The topological polar surface area (TPSA) is 76.4 Å². The molecule has 0 saturated carbocycles. The number of aromatic nitrogens is 2. The van der Waals surface area contributed by atoms with Gasteiger partial charge in [0.25, 0.3) is 0 Å². The molecular weight excluding hydrogens is 376 g/mol. The van der Waals surface area contributed by atoms with Gasteiger partial charge in [-0.2, -0.15) is 10.4 Å². The normalized spacial score (nSPS) is 16.4. The summed E-state index contributed by atoms with van der Waals surface area (Å²) < 4.78 is 0. The van der Waals surface area contributed by atoms with Crippen molar-refractivity contribution in [2.45, 2.75) is 33.1 Å². The van der Waals surface area contributed by atoms with E-state index in [1.165, 1.54) is 5.56 Å². The van der Waals surface area contributed by atoms with E-state index in [1.54, 1.807) is 0 Å². The summed E-state index contributed by atoms with van der Waals surface area (Å²) in [5.74, 6) is 0.845. The minimum absolute atomic E-state index is 0.159. The highest BCUT2D eigenvalue weighted by Crippen LogP contribution is 2.28. The van der Waals surface area contributed by atoms with Crippen molar-refractivity contribution in [1.82, 2.24) is 15.1 Å². The van der Waals surface area contributed by atoms with Crippen LogP contribution in [0, 0.1) is 11.3 Å². The van der Waals surface area contributed by atoms with Crippen molar-refractivity contribution in [3.63, 3.8) is 0 Å². The van der Waals surface area contributed by atoms with E-state index in [2.05, 4.69) is 39.1 Å². The van der Waals surface area contributed by atoms with Crippen LogP contribution in [0.25, 0.3) is 0 Å². The number of carbonyl (C=O) groups is 1. The van der Waals surface area contributed by atoms with Crippen molar-refractivity contribution in [2.24, 2.45) is 0 Å². The lowest BCUT2D eigenvalue weighted by atomic mass is 10.0. The maximum Gasteiger partial charge on any atom is 0.241 e. The number of piperazine rings is 1. The van der Waals surface area contributed by atoms with Crippen LogP contribution in [0.4, 0.5) is 11.5 Å². The number of nitrogens with zero attached hydrogens (tertiary/aromatic N) is 6. The Labute approximate surface area is 177 Å². The SMILES string of the molecule is CCc1nnc(N2CCN(CC(=O)N3CCc4ccccc43)CC2)c(C#N)c1CC. The van der Waals surface area contributed by atoms with Crippen LogP contribution in [-0.4, -0.2) is 60.3 Å². The molecule has 7 heteroatoms. The monoisotopic (exact) mass is 404 g/mol. The molecule has 0 unspecified atom stereocenters. The molecule has 0 N–H and O–H groups in total. The van der Waals surface area contributed by atoms with E-state index in [-0.39, 0.29) is 5.91 Å². The molecule has 0 atom stereocenters. The van der Waals surface area contributed by atoms with E-state index in [0.29, 0.717) is 17.9 Å². The van der Waals surface area contributed by atoms with E-state index in [0.717, 1.165) is 68.9 Å². The molecule has 2 aliphatic heterocycles. The maximum atomic E-state index is 12.9. The third-order valence-corrected chi connectivity index (χ3v) is 6.16. The van der Waals surface area contributed by atoms with E-state index < -0.39 is 0 Å². The molecule has 0 spiro atoms. The van der Waals surface area contributed by atoms with Gasteiger partial charge in [0.1, 0.15) is 11.6 Å². The molecule has 4 rings (SSSR count). The van der Waals surface area contributed by atoms with Crippen LogP contribution >= 0.6 is 0 Å². The van der Waals surface area contributed by atoms with Crippen LogP contribution in [0.15, 0.2) is 24.3 Å². The van der Waals surface area contributed by atoms with Gasteiger partial charge in [-0.15, -0.1) is 5.10 Å². The fourth-order valence-electron chi connectivity index (χ4n) is 4.49. The number of hydrogen-bond acceptors (Lipinski definition) is 6. The van der Waals surface area contributed by atoms with E-state index in [1.807, 2.05) is 30.0 Å². The number of hydrogen-bond donors (Lipinski definition) is 0. The van der Waals surface area contributed by atoms with Gasteiger partial charge in [0.15, 0.2) is 5.82 Å². The minimum atomic E-state index is 0.159. The zero-order valence-corrected chi connectivity index (χ0v) is 17.8. The second-order valence-corrected chi connectivity index (χ2v) is 7.83. The van der Waals surface area contributed by atoms with Crippen LogP contribution in [0.5, 0.6) is 0 Å². The molecule has 1 amide bonds. The number of aryl methyl sites for hydroxylation is 1. The Hall–Kier alpha value is -2.98. The molecule has 2 aromatic rings. The number of rotatable bonds is 5. The fourth-order valence-corrected chi connectivity index (χ4v) is 4.49. The number of anilines is 2. The quantitative estimate of drug-likeness (QED) is 0.760. The number of para-hydroxylation sites is 1. The highest BCUT2D eigenvalue weighted by Gasteiger charge is 2.28. The zero-order valence-electron chi connectivity index (χ0n) is 17.8. The van der Waals surface area contributed by atoms with Crippen LogP contribution in [0.2, 0.25) is 0 Å². The number of benzene rings is 1. The van der Waals surface area contributed by atoms with Gasteiger partial charge >= 0.3 is 0 Å². The lowest BCUT2D eigenvalue weighted by Crippen LogP contribution is -2.50. The van der Waals surface area contributed by atoms with Crippen molar-refractivity contribution in [1.29, 1.82) is 5.26 Å². The Balaban J connectivity index is 1.40. The average molecular weight is 405 g/mol. The second-order valence-electron chi connectivity index (χ2n) is 7.83. The number of fused-ring (bicyclic) bond motifs is 1. The van der Waals surface area contributed by atoms with Crippen LogP contribution in [0.3, 0.4) is 0 Å². The van der Waals surface area contributed by atoms with Crippen LogP contribution in [0.1, 0.15) is 36.2 Å². The fraction of sp³-hybridized carbons (Fsp3) is 0.478. The molecular formula is C23H28N6O. The summed E-state index contributed by atoms with van der Waals surface area (Å²) in [6.07, 6.45) is 2.49. The molecule has 3 heterocycles. The molecule has 0 bridgehead atoms. The molecule has 0 radical (unpaired) electrons. The summed E-state index contributed by atoms with van der Waals surface area (Å²) in [7, 11) is 0. The summed E-state index contributed by atoms with van der Waals surface area (Å²) >= 11 is 0. The van der Waals surface area contributed by atoms with Crippen molar-refractivity contribution < 1.29 is 4.79 Å². The highest BCUT2D eigenvalue weighted by atomic mass is 16.2. The zero-order chi connectivity index (χ0) is 21.1. The highest BCUT2D eigenvalue weighted by molar-refractivity contribution is 5.96. The standard InChI is InChI=1S/C23H28N6O/c1-3-18-19(15-24)23(26-25-20(18)4-2)28-13-11-27(12-14-28)16-22(30)29-10-9-17-7-5-6-8-21(17)29/h5-8H,3-4,9-14,16H2,1-2H3. The molecule has 156 valence electrons. The van der Waals surface area contributed by atoms with Crippen LogP contribution < -0.4 is 9.80 Å². The molecule has 1 aromatic heterocycles. The largest absolute Gasteiger partial charge is 0.351 e. The maximum absolute atomic E-state index is 12.9. The Morgan fingerprint density at radius 2 is 1.83 bits per heavy atom. The Bertz CT molecular complexity index is 974. The molecule has 1 saturated heterocycles. The summed E-state index contributed by atoms with van der Waals surface area (Å²) in [5.41, 5.74) is 4.88. The molecule has 7 nitrogen and oxygen atoms in total. The minimum Gasteiger partial charge on any atom is -0.351 e. The molecule has 1 fully saturated rings. The first-order valence-electron chi connectivity index (χ1n) is 10.8. The first-order chi connectivity index (χ1) is 14.7. The first-order valence-corrected chi connectivity index (χ1v) is 10.8. The Morgan fingerprint density at radius 1 is 1.07 bits per heavy atom. The first kappa shape index (κ1) is 20.3. The molecule has 1 aromatic carbocycles. The summed E-state index contributed by atoms with van der Waals surface area (Å²) in [4.78, 5) is 19.1. The Morgan fingerprint density at radius 3 is 2.53 bits per heavy atom. The summed E-state index contributed by atoms with van der Waals surface area (Å²) in [6.45, 7) is 8.30. The van der Waals surface area contributed by atoms with Crippen molar-refractivity contribution in [3.05, 3.63) is 46.6 Å². The van der Waals surface area contributed by atoms with Gasteiger partial charge in [-0.05, 0) is 36.5 Å². The number of nitriles is 1. The van der Waals surface area contributed by atoms with Gasteiger partial charge in [0.2, 0.25) is 5.91 Å². The lowest BCUT2D eigenvalue weighted by molar-refractivity contribution is -0.119. The third-order valence-electron chi connectivity index (χ3n) is 6.16. The predicted octanol–water partition coefficient (Wildman–Crippen LogP) is 2.18. The van der Waals surface area contributed by atoms with Gasteiger partial charge < -0.3 is 9.80 Å². The van der Waals surface area contributed by atoms with E-state index >= 15 is 0 Å². The Kier molecular flexibility index (Phi) is 5.96. The smallest absolute Gasteiger partial charge is 0.241 e. The third kappa shape index (κ3) is 3.75. The number of amides is 1. The number of carbonyl (C=O) groups excluding carboxylic acids is 1. The lowest BCUT2D eigenvalue weighted by Gasteiger charge is -2.36. The van der Waals surface area contributed by atoms with Gasteiger partial charge in [-0.1, -0.05) is 32.0 Å². The van der Waals surface area contributed by atoms with Crippen LogP contribution in [-0.2, 0) is 24.1 Å². The van der Waals surface area contributed by atoms with Gasteiger partial charge in [0, 0.05) is 38.4 Å². The summed E-state index contributed by atoms with van der Waals surface area (Å²) in [6, 6.07) is 10.5. The summed E-state index contributed by atoms with van der Waals surface area (Å²) in [5, 5.41) is 18.5. The van der Waals surface area contributed by atoms with Crippen molar-refractivity contribution in [3.8, 4) is 6.07 Å². The molecule has 30 heavy (non-hydrogen) atoms. The average Bonchev–Trinajstić information content (AvgIpc) is 3.23. The second kappa shape index (κ2) is 8.80. The van der Waals surface area contributed by atoms with Gasteiger partial charge in [-0.25, -0.2) is 0 Å².